The molecule has 1 heterocycles. The maximum Gasteiger partial charge on any atom is 0.242 e. The van der Waals surface area contributed by atoms with E-state index < -0.39 is 10.0 Å². The van der Waals surface area contributed by atoms with Crippen LogP contribution >= 0.6 is 0 Å². The van der Waals surface area contributed by atoms with Gasteiger partial charge in [-0.3, -0.25) is 4.68 Å². The predicted molar refractivity (Wildman–Crippen MR) is 82.5 cm³/mol. The van der Waals surface area contributed by atoms with Gasteiger partial charge < -0.3 is 5.73 Å². The molecule has 114 valence electrons. The normalized spacial score (nSPS) is 11.8. The molecule has 7 heteroatoms. The van der Waals surface area contributed by atoms with Crippen molar-refractivity contribution in [3.05, 3.63) is 41.2 Å². The van der Waals surface area contributed by atoms with Crippen LogP contribution in [0.3, 0.4) is 0 Å². The van der Waals surface area contributed by atoms with Gasteiger partial charge in [-0.25, -0.2) is 13.1 Å². The van der Waals surface area contributed by atoms with Gasteiger partial charge in [-0.15, -0.1) is 0 Å². The Labute approximate surface area is 125 Å². The molecule has 21 heavy (non-hydrogen) atoms. The third-order valence-corrected chi connectivity index (χ3v) is 5.03. The van der Waals surface area contributed by atoms with Gasteiger partial charge in [0.15, 0.2) is 0 Å². The zero-order valence-corrected chi connectivity index (χ0v) is 13.2. The second-order valence-electron chi connectivity index (χ2n) is 5.10. The second-order valence-corrected chi connectivity index (χ2v) is 6.81. The summed E-state index contributed by atoms with van der Waals surface area (Å²) in [5.74, 6) is 0. The topological polar surface area (TPSA) is 90.0 Å². The van der Waals surface area contributed by atoms with Crippen molar-refractivity contribution < 1.29 is 8.42 Å². The van der Waals surface area contributed by atoms with Crippen LogP contribution in [0.4, 0.5) is 5.69 Å². The summed E-state index contributed by atoms with van der Waals surface area (Å²) in [6.45, 7) is 6.29. The molecule has 0 radical (unpaired) electrons. The number of anilines is 1. The third kappa shape index (κ3) is 3.43. The maximum absolute atomic E-state index is 12.4. The molecule has 0 saturated heterocycles. The van der Waals surface area contributed by atoms with Gasteiger partial charge in [-0.05, 0) is 43.5 Å². The number of nitrogens with two attached hydrogens (primary N) is 1. The molecule has 1 aromatic heterocycles. The lowest BCUT2D eigenvalue weighted by Gasteiger charge is -2.13. The van der Waals surface area contributed by atoms with Gasteiger partial charge in [-0.2, -0.15) is 5.10 Å². The number of nitrogens with zero attached hydrogens (tertiary/aromatic N) is 2. The first kappa shape index (κ1) is 15.5. The van der Waals surface area contributed by atoms with Crippen LogP contribution in [0.1, 0.15) is 16.7 Å². The number of nitrogens with one attached hydrogen (secondary N) is 1. The van der Waals surface area contributed by atoms with Gasteiger partial charge in [0.2, 0.25) is 10.0 Å². The molecule has 0 fully saturated rings. The summed E-state index contributed by atoms with van der Waals surface area (Å²) in [4.78, 5) is 0.166. The minimum Gasteiger partial charge on any atom is -0.398 e. The van der Waals surface area contributed by atoms with Crippen molar-refractivity contribution in [2.24, 2.45) is 0 Å². The molecule has 1 aromatic carbocycles. The Hall–Kier alpha value is -1.86. The Morgan fingerprint density at radius 1 is 1.29 bits per heavy atom. The predicted octanol–water partition coefficient (Wildman–Crippen LogP) is 1.37. The van der Waals surface area contributed by atoms with Crippen molar-refractivity contribution in [1.29, 1.82) is 0 Å². The fourth-order valence-corrected chi connectivity index (χ4v) is 3.57. The standard InChI is InChI=1S/C14H20N4O2S/c1-10-8-16-18(9-10)7-6-17-21(19,20)14-12(3)11(2)4-5-13(14)15/h4-5,8-9,17H,6-7,15H2,1-3H3. The third-order valence-electron chi connectivity index (χ3n) is 3.37. The molecule has 0 atom stereocenters. The van der Waals surface area contributed by atoms with Gasteiger partial charge in [0.1, 0.15) is 4.90 Å². The highest BCUT2D eigenvalue weighted by Crippen LogP contribution is 2.24. The number of benzene rings is 1. The number of nitrogen functional groups attached to an aromatic ring is 1. The Balaban J connectivity index is 2.14. The summed E-state index contributed by atoms with van der Waals surface area (Å²) in [5.41, 5.74) is 8.70. The van der Waals surface area contributed by atoms with Gasteiger partial charge >= 0.3 is 0 Å². The monoisotopic (exact) mass is 308 g/mol. The lowest BCUT2D eigenvalue weighted by atomic mass is 10.1. The van der Waals surface area contributed by atoms with Crippen molar-refractivity contribution >= 4 is 15.7 Å². The highest BCUT2D eigenvalue weighted by Gasteiger charge is 2.20. The number of sulfonamides is 1. The van der Waals surface area contributed by atoms with Crippen LogP contribution in [0.25, 0.3) is 0 Å². The molecule has 0 spiro atoms. The molecule has 0 amide bonds. The minimum atomic E-state index is -3.62. The van der Waals surface area contributed by atoms with Gasteiger partial charge in [0, 0.05) is 12.7 Å². The highest BCUT2D eigenvalue weighted by atomic mass is 32.2. The number of hydrogen-bond acceptors (Lipinski definition) is 4. The molecule has 0 aliphatic heterocycles. The molecule has 2 aromatic rings. The summed E-state index contributed by atoms with van der Waals surface area (Å²) in [5, 5.41) is 4.11. The lowest BCUT2D eigenvalue weighted by molar-refractivity contribution is 0.560. The molecule has 2 rings (SSSR count). The first-order chi connectivity index (χ1) is 9.81. The first-order valence-electron chi connectivity index (χ1n) is 6.65. The SMILES string of the molecule is Cc1cnn(CCNS(=O)(=O)c2c(N)ccc(C)c2C)c1. The molecule has 0 aliphatic rings. The van der Waals surface area contributed by atoms with Gasteiger partial charge in [0.05, 0.1) is 18.4 Å². The summed E-state index contributed by atoms with van der Waals surface area (Å²) in [6, 6.07) is 3.43. The fourth-order valence-electron chi connectivity index (χ4n) is 2.12. The Kier molecular flexibility index (Phi) is 4.34. The molecule has 6 nitrogen and oxygen atoms in total. The average molecular weight is 308 g/mol. The van der Waals surface area contributed by atoms with E-state index in [9.17, 15) is 8.42 Å². The molecular weight excluding hydrogens is 288 g/mol. The van der Waals surface area contributed by atoms with Crippen molar-refractivity contribution in [2.45, 2.75) is 32.2 Å². The Morgan fingerprint density at radius 3 is 2.62 bits per heavy atom. The lowest BCUT2D eigenvalue weighted by Crippen LogP contribution is -2.29. The van der Waals surface area contributed by atoms with Gasteiger partial charge in [-0.1, -0.05) is 6.07 Å². The molecule has 0 aliphatic carbocycles. The van der Waals surface area contributed by atoms with E-state index in [1.165, 1.54) is 0 Å². The number of rotatable bonds is 5. The molecule has 0 unspecified atom stereocenters. The summed E-state index contributed by atoms with van der Waals surface area (Å²) in [7, 11) is -3.62. The summed E-state index contributed by atoms with van der Waals surface area (Å²) >= 11 is 0. The largest absolute Gasteiger partial charge is 0.398 e. The maximum atomic E-state index is 12.4. The number of aromatic nitrogens is 2. The van der Waals surface area contributed by atoms with Crippen LogP contribution in [0.15, 0.2) is 29.4 Å². The van der Waals surface area contributed by atoms with Crippen molar-refractivity contribution in [3.8, 4) is 0 Å². The number of aryl methyl sites for hydroxylation is 2. The minimum absolute atomic E-state index is 0.166. The van der Waals surface area contributed by atoms with Crippen LogP contribution in [-0.2, 0) is 16.6 Å². The van der Waals surface area contributed by atoms with E-state index in [1.807, 2.05) is 26.1 Å². The van der Waals surface area contributed by atoms with Crippen molar-refractivity contribution in [1.82, 2.24) is 14.5 Å². The smallest absolute Gasteiger partial charge is 0.242 e. The summed E-state index contributed by atoms with van der Waals surface area (Å²) < 4.78 is 29.1. The highest BCUT2D eigenvalue weighted by molar-refractivity contribution is 7.89. The second kappa shape index (κ2) is 5.87. The molecule has 3 N–H and O–H groups in total. The van der Waals surface area contributed by atoms with Crippen LogP contribution in [0, 0.1) is 20.8 Å². The van der Waals surface area contributed by atoms with E-state index in [0.717, 1.165) is 11.1 Å². The van der Waals surface area contributed by atoms with Gasteiger partial charge in [0.25, 0.3) is 0 Å². The van der Waals surface area contributed by atoms with Crippen LogP contribution in [-0.4, -0.2) is 24.7 Å². The van der Waals surface area contributed by atoms with Crippen LogP contribution < -0.4 is 10.5 Å². The Bertz CT molecular complexity index is 750. The van der Waals surface area contributed by atoms with E-state index in [0.29, 0.717) is 12.1 Å². The van der Waals surface area contributed by atoms with E-state index in [4.69, 9.17) is 5.73 Å². The molecule has 0 saturated carbocycles. The van der Waals surface area contributed by atoms with Crippen LogP contribution in [0.5, 0.6) is 0 Å². The molecule has 0 bridgehead atoms. The van der Waals surface area contributed by atoms with Crippen LogP contribution in [0.2, 0.25) is 0 Å². The van der Waals surface area contributed by atoms with E-state index in [2.05, 4.69) is 9.82 Å². The molecular formula is C14H20N4O2S. The van der Waals surface area contributed by atoms with E-state index in [-0.39, 0.29) is 17.1 Å². The van der Waals surface area contributed by atoms with E-state index in [1.54, 1.807) is 23.9 Å². The van der Waals surface area contributed by atoms with E-state index >= 15 is 0 Å². The Morgan fingerprint density at radius 2 is 2.00 bits per heavy atom. The fraction of sp³-hybridized carbons (Fsp3) is 0.357. The summed E-state index contributed by atoms with van der Waals surface area (Å²) in [6.07, 6.45) is 3.60. The van der Waals surface area contributed by atoms with Crippen molar-refractivity contribution in [2.75, 3.05) is 12.3 Å². The zero-order chi connectivity index (χ0) is 15.6. The average Bonchev–Trinajstić information content (AvgIpc) is 2.80. The first-order valence-corrected chi connectivity index (χ1v) is 8.14. The number of hydrogen-bond donors (Lipinski definition) is 2. The zero-order valence-electron chi connectivity index (χ0n) is 12.4. The van der Waals surface area contributed by atoms with Crippen molar-refractivity contribution in [3.63, 3.8) is 0 Å². The quantitative estimate of drug-likeness (QED) is 0.816.